The summed E-state index contributed by atoms with van der Waals surface area (Å²) < 4.78 is 1.95. The third-order valence-corrected chi connectivity index (χ3v) is 3.30. The molecule has 0 saturated carbocycles. The molecule has 19 heavy (non-hydrogen) atoms. The van der Waals surface area contributed by atoms with Crippen molar-refractivity contribution in [1.29, 1.82) is 0 Å². The summed E-state index contributed by atoms with van der Waals surface area (Å²) >= 11 is 0. The molecule has 5 heteroatoms. The molecule has 0 radical (unpaired) electrons. The number of hydrogen-bond acceptors (Lipinski definition) is 4. The van der Waals surface area contributed by atoms with Crippen LogP contribution in [0.3, 0.4) is 0 Å². The van der Waals surface area contributed by atoms with Crippen LogP contribution in [-0.4, -0.2) is 19.6 Å². The highest BCUT2D eigenvalue weighted by molar-refractivity contribution is 5.69. The number of nitrogens with zero attached hydrogens (tertiary/aromatic N) is 4. The highest BCUT2D eigenvalue weighted by Gasteiger charge is 2.13. The van der Waals surface area contributed by atoms with E-state index >= 15 is 0 Å². The first-order valence-corrected chi connectivity index (χ1v) is 6.13. The van der Waals surface area contributed by atoms with Crippen molar-refractivity contribution in [2.24, 2.45) is 0 Å². The van der Waals surface area contributed by atoms with Gasteiger partial charge in [-0.2, -0.15) is 0 Å². The Morgan fingerprint density at radius 2 is 1.89 bits per heavy atom. The fraction of sp³-hybridized carbons (Fsp3) is 0.214. The molecule has 0 aliphatic carbocycles. The lowest BCUT2D eigenvalue weighted by Gasteiger charge is -2.08. The number of nitrogens with two attached hydrogens (primary N) is 1. The van der Waals surface area contributed by atoms with Gasteiger partial charge in [0, 0.05) is 23.0 Å². The highest BCUT2D eigenvalue weighted by atomic mass is 15.3. The van der Waals surface area contributed by atoms with Gasteiger partial charge in [0.05, 0.1) is 0 Å². The normalized spacial score (nSPS) is 11.1. The van der Waals surface area contributed by atoms with Crippen molar-refractivity contribution in [3.63, 3.8) is 0 Å². The van der Waals surface area contributed by atoms with Crippen molar-refractivity contribution >= 4 is 11.3 Å². The van der Waals surface area contributed by atoms with Gasteiger partial charge < -0.3 is 5.73 Å². The summed E-state index contributed by atoms with van der Waals surface area (Å²) in [6.07, 6.45) is 0. The Kier molecular flexibility index (Phi) is 2.48. The van der Waals surface area contributed by atoms with Gasteiger partial charge in [0.15, 0.2) is 11.5 Å². The van der Waals surface area contributed by atoms with E-state index in [-0.39, 0.29) is 0 Å². The third-order valence-electron chi connectivity index (χ3n) is 3.30. The van der Waals surface area contributed by atoms with Gasteiger partial charge in [-0.1, -0.05) is 12.1 Å². The number of hydrogen-bond donors (Lipinski definition) is 1. The van der Waals surface area contributed by atoms with Gasteiger partial charge >= 0.3 is 0 Å². The molecule has 2 N–H and O–H groups in total. The Morgan fingerprint density at radius 3 is 2.68 bits per heavy atom. The number of aryl methyl sites for hydroxylation is 2. The molecule has 0 fully saturated rings. The van der Waals surface area contributed by atoms with Gasteiger partial charge in [-0.25, -0.2) is 4.98 Å². The van der Waals surface area contributed by atoms with Crippen LogP contribution < -0.4 is 5.73 Å². The second-order valence-electron chi connectivity index (χ2n) is 4.68. The maximum absolute atomic E-state index is 5.96. The van der Waals surface area contributed by atoms with E-state index < -0.39 is 0 Å². The molecule has 2 aromatic heterocycles. The van der Waals surface area contributed by atoms with E-state index in [0.717, 1.165) is 39.8 Å². The molecule has 3 rings (SSSR count). The fourth-order valence-electron chi connectivity index (χ4n) is 2.30. The van der Waals surface area contributed by atoms with Crippen LogP contribution in [0.4, 0.5) is 5.69 Å². The molecule has 2 heterocycles. The van der Waals surface area contributed by atoms with Crippen molar-refractivity contribution in [3.05, 3.63) is 41.3 Å². The Hall–Kier alpha value is -2.43. The summed E-state index contributed by atoms with van der Waals surface area (Å²) in [4.78, 5) is 4.46. The second kappa shape index (κ2) is 4.05. The quantitative estimate of drug-likeness (QED) is 0.676. The molecule has 0 unspecified atom stereocenters. The molecule has 1 aromatic carbocycles. The number of nitrogen functional groups attached to an aromatic ring is 1. The van der Waals surface area contributed by atoms with Crippen molar-refractivity contribution in [1.82, 2.24) is 19.6 Å². The number of aromatic nitrogens is 4. The SMILES string of the molecule is Cc1cc2nnc(-c3cccc(N)c3C)n2c(C)n1. The molecular formula is C14H15N5. The van der Waals surface area contributed by atoms with E-state index in [0.29, 0.717) is 0 Å². The fourth-order valence-corrected chi connectivity index (χ4v) is 2.30. The van der Waals surface area contributed by atoms with Gasteiger partial charge in [0.25, 0.3) is 0 Å². The summed E-state index contributed by atoms with van der Waals surface area (Å²) in [5.74, 6) is 1.65. The molecule has 96 valence electrons. The Balaban J connectivity index is 2.35. The van der Waals surface area contributed by atoms with Gasteiger partial charge in [0.1, 0.15) is 5.82 Å². The standard InChI is InChI=1S/C14H15N5/c1-8-7-13-17-18-14(19(13)10(3)16-8)11-5-4-6-12(15)9(11)2/h4-7H,15H2,1-3H3. The average Bonchev–Trinajstić information content (AvgIpc) is 2.76. The Labute approximate surface area is 111 Å². The molecule has 5 nitrogen and oxygen atoms in total. The Morgan fingerprint density at radius 1 is 1.11 bits per heavy atom. The summed E-state index contributed by atoms with van der Waals surface area (Å²) in [6, 6.07) is 7.74. The van der Waals surface area contributed by atoms with E-state index in [1.54, 1.807) is 0 Å². The minimum absolute atomic E-state index is 0.756. The summed E-state index contributed by atoms with van der Waals surface area (Å²) in [5.41, 5.74) is 10.5. The van der Waals surface area contributed by atoms with Gasteiger partial charge in [-0.3, -0.25) is 4.40 Å². The number of rotatable bonds is 1. The van der Waals surface area contributed by atoms with Gasteiger partial charge in [0.2, 0.25) is 0 Å². The summed E-state index contributed by atoms with van der Waals surface area (Å²) in [6.45, 7) is 5.89. The monoisotopic (exact) mass is 253 g/mol. The van der Waals surface area contributed by atoms with Crippen LogP contribution >= 0.6 is 0 Å². The molecule has 0 bridgehead atoms. The molecule has 0 aliphatic heterocycles. The van der Waals surface area contributed by atoms with E-state index in [1.807, 2.05) is 49.4 Å². The van der Waals surface area contributed by atoms with Gasteiger partial charge in [-0.15, -0.1) is 10.2 Å². The largest absolute Gasteiger partial charge is 0.398 e. The first kappa shape index (κ1) is 11.6. The van der Waals surface area contributed by atoms with Crippen molar-refractivity contribution < 1.29 is 0 Å². The van der Waals surface area contributed by atoms with Crippen LogP contribution in [0.25, 0.3) is 17.0 Å². The lowest BCUT2D eigenvalue weighted by atomic mass is 10.1. The minimum atomic E-state index is 0.756. The smallest absolute Gasteiger partial charge is 0.170 e. The molecular weight excluding hydrogens is 238 g/mol. The zero-order valence-corrected chi connectivity index (χ0v) is 11.2. The third kappa shape index (κ3) is 1.74. The van der Waals surface area contributed by atoms with Crippen LogP contribution in [0.5, 0.6) is 0 Å². The van der Waals surface area contributed by atoms with Crippen LogP contribution in [0.15, 0.2) is 24.3 Å². The molecule has 0 amide bonds. The van der Waals surface area contributed by atoms with Crippen LogP contribution in [0.1, 0.15) is 17.1 Å². The first-order chi connectivity index (χ1) is 9.08. The summed E-state index contributed by atoms with van der Waals surface area (Å²) in [5, 5.41) is 8.51. The van der Waals surface area contributed by atoms with Crippen LogP contribution in [-0.2, 0) is 0 Å². The van der Waals surface area contributed by atoms with Crippen molar-refractivity contribution in [3.8, 4) is 11.4 Å². The maximum Gasteiger partial charge on any atom is 0.170 e. The van der Waals surface area contributed by atoms with E-state index in [9.17, 15) is 0 Å². The van der Waals surface area contributed by atoms with E-state index in [4.69, 9.17) is 5.73 Å². The molecule has 3 aromatic rings. The average molecular weight is 253 g/mol. The predicted octanol–water partition coefficient (Wildman–Crippen LogP) is 2.30. The lowest BCUT2D eigenvalue weighted by Crippen LogP contribution is -2.01. The zero-order chi connectivity index (χ0) is 13.6. The summed E-state index contributed by atoms with van der Waals surface area (Å²) in [7, 11) is 0. The van der Waals surface area contributed by atoms with Crippen molar-refractivity contribution in [2.75, 3.05) is 5.73 Å². The minimum Gasteiger partial charge on any atom is -0.398 e. The predicted molar refractivity (Wildman–Crippen MR) is 74.8 cm³/mol. The highest BCUT2D eigenvalue weighted by Crippen LogP contribution is 2.26. The molecule has 0 aliphatic rings. The number of benzene rings is 1. The van der Waals surface area contributed by atoms with Crippen LogP contribution in [0, 0.1) is 20.8 Å². The first-order valence-electron chi connectivity index (χ1n) is 6.13. The topological polar surface area (TPSA) is 69.1 Å². The van der Waals surface area contributed by atoms with E-state index in [1.165, 1.54) is 0 Å². The molecule has 0 saturated heterocycles. The van der Waals surface area contributed by atoms with Gasteiger partial charge in [-0.05, 0) is 32.4 Å². The number of anilines is 1. The molecule has 0 atom stereocenters. The van der Waals surface area contributed by atoms with E-state index in [2.05, 4.69) is 15.2 Å². The Bertz CT molecular complexity index is 773. The van der Waals surface area contributed by atoms with Crippen molar-refractivity contribution in [2.45, 2.75) is 20.8 Å². The zero-order valence-electron chi connectivity index (χ0n) is 11.2. The lowest BCUT2D eigenvalue weighted by molar-refractivity contribution is 0.961. The van der Waals surface area contributed by atoms with Crippen LogP contribution in [0.2, 0.25) is 0 Å². The maximum atomic E-state index is 5.96. The molecule has 0 spiro atoms. The number of fused-ring (bicyclic) bond motifs is 1. The second-order valence-corrected chi connectivity index (χ2v) is 4.68.